The molecule has 1 saturated heterocycles. The second-order valence-corrected chi connectivity index (χ2v) is 8.05. The lowest BCUT2D eigenvalue weighted by molar-refractivity contribution is -0.0456. The van der Waals surface area contributed by atoms with Gasteiger partial charge in [-0.25, -0.2) is 0 Å². The van der Waals surface area contributed by atoms with Crippen molar-refractivity contribution in [3.8, 4) is 0 Å². The third-order valence-corrected chi connectivity index (χ3v) is 4.58. The quantitative estimate of drug-likeness (QED) is 0.852. The summed E-state index contributed by atoms with van der Waals surface area (Å²) in [6.45, 7) is 15.2. The number of hydrogen-bond acceptors (Lipinski definition) is 3. The van der Waals surface area contributed by atoms with Crippen LogP contribution in [-0.2, 0) is 4.74 Å². The van der Waals surface area contributed by atoms with Crippen molar-refractivity contribution < 1.29 is 4.74 Å². The zero-order valence-electron chi connectivity index (χ0n) is 13.5. The van der Waals surface area contributed by atoms with Gasteiger partial charge in [-0.2, -0.15) is 0 Å². The minimum Gasteiger partial charge on any atom is -0.375 e. The molecule has 0 aromatic heterocycles. The van der Waals surface area contributed by atoms with Gasteiger partial charge in [-0.15, -0.1) is 0 Å². The fourth-order valence-electron chi connectivity index (χ4n) is 3.52. The smallest absolute Gasteiger partial charge is 0.0600 e. The Morgan fingerprint density at radius 3 is 2.37 bits per heavy atom. The monoisotopic (exact) mass is 268 g/mol. The second-order valence-electron chi connectivity index (χ2n) is 8.05. The van der Waals surface area contributed by atoms with Gasteiger partial charge in [0.25, 0.3) is 0 Å². The topological polar surface area (TPSA) is 24.5 Å². The largest absolute Gasteiger partial charge is 0.375 e. The number of rotatable bonds is 3. The van der Waals surface area contributed by atoms with E-state index in [4.69, 9.17) is 4.74 Å². The van der Waals surface area contributed by atoms with Gasteiger partial charge < -0.3 is 10.1 Å². The van der Waals surface area contributed by atoms with Gasteiger partial charge in [-0.1, -0.05) is 12.8 Å². The molecule has 0 bridgehead atoms. The van der Waals surface area contributed by atoms with Crippen LogP contribution in [0, 0.1) is 0 Å². The Morgan fingerprint density at radius 1 is 1.16 bits per heavy atom. The van der Waals surface area contributed by atoms with Crippen LogP contribution in [0.1, 0.15) is 60.3 Å². The fourth-order valence-corrected chi connectivity index (χ4v) is 3.52. The van der Waals surface area contributed by atoms with Crippen LogP contribution in [0.2, 0.25) is 0 Å². The van der Waals surface area contributed by atoms with Crippen LogP contribution in [0.25, 0.3) is 0 Å². The molecule has 0 unspecified atom stereocenters. The molecule has 19 heavy (non-hydrogen) atoms. The van der Waals surface area contributed by atoms with Crippen molar-refractivity contribution in [3.05, 3.63) is 0 Å². The average Bonchev–Trinajstić information content (AvgIpc) is 2.71. The van der Waals surface area contributed by atoms with Crippen LogP contribution in [0.4, 0.5) is 0 Å². The van der Waals surface area contributed by atoms with E-state index in [0.29, 0.717) is 5.54 Å². The van der Waals surface area contributed by atoms with Gasteiger partial charge in [0, 0.05) is 30.7 Å². The van der Waals surface area contributed by atoms with Crippen LogP contribution in [0.15, 0.2) is 0 Å². The van der Waals surface area contributed by atoms with Crippen molar-refractivity contribution in [3.63, 3.8) is 0 Å². The SMILES string of the molecule is CC1(C)CN(CCOC(C)(C)C)C2(CCCC2)CN1. The van der Waals surface area contributed by atoms with Crippen molar-refractivity contribution in [1.29, 1.82) is 0 Å². The summed E-state index contributed by atoms with van der Waals surface area (Å²) in [5.41, 5.74) is 0.624. The van der Waals surface area contributed by atoms with E-state index in [1.807, 2.05) is 0 Å². The molecule has 1 aliphatic carbocycles. The Kier molecular flexibility index (Phi) is 4.29. The first-order valence-electron chi connectivity index (χ1n) is 7.87. The summed E-state index contributed by atoms with van der Waals surface area (Å²) in [7, 11) is 0. The maximum atomic E-state index is 5.94. The highest BCUT2D eigenvalue weighted by Crippen LogP contribution is 2.38. The first-order valence-corrected chi connectivity index (χ1v) is 7.87. The van der Waals surface area contributed by atoms with E-state index < -0.39 is 0 Å². The fraction of sp³-hybridized carbons (Fsp3) is 1.00. The van der Waals surface area contributed by atoms with Crippen molar-refractivity contribution >= 4 is 0 Å². The van der Waals surface area contributed by atoms with E-state index in [-0.39, 0.29) is 11.1 Å². The van der Waals surface area contributed by atoms with Crippen LogP contribution in [0.5, 0.6) is 0 Å². The molecule has 0 radical (unpaired) electrons. The van der Waals surface area contributed by atoms with Gasteiger partial charge in [0.2, 0.25) is 0 Å². The number of ether oxygens (including phenoxy) is 1. The average molecular weight is 268 g/mol. The molecule has 3 nitrogen and oxygen atoms in total. The third-order valence-electron chi connectivity index (χ3n) is 4.58. The minimum atomic E-state index is -0.0214. The first-order chi connectivity index (χ1) is 8.73. The van der Waals surface area contributed by atoms with Crippen LogP contribution >= 0.6 is 0 Å². The van der Waals surface area contributed by atoms with E-state index in [1.165, 1.54) is 25.7 Å². The maximum absolute atomic E-state index is 5.94. The van der Waals surface area contributed by atoms with Gasteiger partial charge in [0.05, 0.1) is 12.2 Å². The highest BCUT2D eigenvalue weighted by Gasteiger charge is 2.45. The molecular weight excluding hydrogens is 236 g/mol. The number of nitrogens with zero attached hydrogens (tertiary/aromatic N) is 1. The molecule has 2 fully saturated rings. The molecule has 112 valence electrons. The van der Waals surface area contributed by atoms with Crippen molar-refractivity contribution in [2.45, 2.75) is 77.0 Å². The molecule has 2 aliphatic rings. The summed E-state index contributed by atoms with van der Waals surface area (Å²) in [5.74, 6) is 0. The minimum absolute atomic E-state index is 0.0214. The van der Waals surface area contributed by atoms with Gasteiger partial charge in [0.15, 0.2) is 0 Å². The molecule has 1 heterocycles. The van der Waals surface area contributed by atoms with Crippen LogP contribution in [-0.4, -0.2) is 47.8 Å². The summed E-state index contributed by atoms with van der Waals surface area (Å²) in [4.78, 5) is 2.71. The summed E-state index contributed by atoms with van der Waals surface area (Å²) < 4.78 is 5.94. The molecule has 1 saturated carbocycles. The first kappa shape index (κ1) is 15.3. The zero-order chi connectivity index (χ0) is 14.1. The Morgan fingerprint density at radius 2 is 1.79 bits per heavy atom. The maximum Gasteiger partial charge on any atom is 0.0600 e. The van der Waals surface area contributed by atoms with E-state index >= 15 is 0 Å². The molecular formula is C16H32N2O. The molecule has 1 N–H and O–H groups in total. The molecule has 0 aromatic rings. The molecule has 3 heteroatoms. The highest BCUT2D eigenvalue weighted by atomic mass is 16.5. The summed E-state index contributed by atoms with van der Waals surface area (Å²) in [6.07, 6.45) is 5.48. The predicted octanol–water partition coefficient (Wildman–Crippen LogP) is 2.80. The highest BCUT2D eigenvalue weighted by molar-refractivity contribution is 5.04. The second kappa shape index (κ2) is 5.34. The van der Waals surface area contributed by atoms with Gasteiger partial charge in [0.1, 0.15) is 0 Å². The van der Waals surface area contributed by atoms with Crippen molar-refractivity contribution in [2.75, 3.05) is 26.2 Å². The number of piperazine rings is 1. The molecule has 0 aromatic carbocycles. The van der Waals surface area contributed by atoms with E-state index in [1.54, 1.807) is 0 Å². The predicted molar refractivity (Wildman–Crippen MR) is 80.6 cm³/mol. The standard InChI is InChI=1S/C16H32N2O/c1-14(2,3)19-11-10-18-13-15(4,5)17-12-16(18)8-6-7-9-16/h17H,6-13H2,1-5H3. The summed E-state index contributed by atoms with van der Waals surface area (Å²) in [6, 6.07) is 0. The Labute approximate surface area is 119 Å². The van der Waals surface area contributed by atoms with Gasteiger partial charge in [-0.3, -0.25) is 4.90 Å². The molecule has 0 atom stereocenters. The molecule has 2 rings (SSSR count). The molecule has 1 aliphatic heterocycles. The lowest BCUT2D eigenvalue weighted by atomic mass is 9.87. The Bertz CT molecular complexity index is 300. The van der Waals surface area contributed by atoms with E-state index in [0.717, 1.165) is 26.2 Å². The van der Waals surface area contributed by atoms with Gasteiger partial charge >= 0.3 is 0 Å². The molecule has 0 amide bonds. The third kappa shape index (κ3) is 3.93. The van der Waals surface area contributed by atoms with Crippen LogP contribution < -0.4 is 5.32 Å². The Balaban J connectivity index is 1.96. The summed E-state index contributed by atoms with van der Waals surface area (Å²) in [5, 5.41) is 3.75. The van der Waals surface area contributed by atoms with E-state index in [9.17, 15) is 0 Å². The zero-order valence-corrected chi connectivity index (χ0v) is 13.5. The lowest BCUT2D eigenvalue weighted by Gasteiger charge is -2.51. The lowest BCUT2D eigenvalue weighted by Crippen LogP contribution is -2.67. The number of hydrogen-bond donors (Lipinski definition) is 1. The Hall–Kier alpha value is -0.120. The number of nitrogens with one attached hydrogen (secondary N) is 1. The van der Waals surface area contributed by atoms with Crippen molar-refractivity contribution in [1.82, 2.24) is 10.2 Å². The van der Waals surface area contributed by atoms with E-state index in [2.05, 4.69) is 44.8 Å². The van der Waals surface area contributed by atoms with Crippen molar-refractivity contribution in [2.24, 2.45) is 0 Å². The normalized spacial score (nSPS) is 27.0. The summed E-state index contributed by atoms with van der Waals surface area (Å²) >= 11 is 0. The van der Waals surface area contributed by atoms with Crippen LogP contribution in [0.3, 0.4) is 0 Å². The van der Waals surface area contributed by atoms with Gasteiger partial charge in [-0.05, 0) is 47.5 Å². The molecule has 1 spiro atoms.